The first-order valence-corrected chi connectivity index (χ1v) is 10.3. The molecule has 0 spiro atoms. The molecule has 3 heteroatoms. The number of aryl methyl sites for hydroxylation is 2. The molecule has 148 valence electrons. The molecule has 3 nitrogen and oxygen atoms in total. The van der Waals surface area contributed by atoms with Gasteiger partial charge < -0.3 is 10.1 Å². The van der Waals surface area contributed by atoms with Crippen LogP contribution in [0.4, 0.5) is 4.79 Å². The van der Waals surface area contributed by atoms with Gasteiger partial charge in [0.2, 0.25) is 0 Å². The minimum atomic E-state index is -0.368. The van der Waals surface area contributed by atoms with Gasteiger partial charge in [-0.05, 0) is 67.1 Å². The average Bonchev–Trinajstić information content (AvgIpc) is 3.21. The predicted molar refractivity (Wildman–Crippen MR) is 118 cm³/mol. The van der Waals surface area contributed by atoms with Gasteiger partial charge in [0.05, 0.1) is 0 Å². The van der Waals surface area contributed by atoms with E-state index in [1.807, 2.05) is 12.1 Å². The average molecular weight is 386 g/mol. The molecule has 0 bridgehead atoms. The van der Waals surface area contributed by atoms with Gasteiger partial charge in [0.15, 0.2) is 0 Å². The van der Waals surface area contributed by atoms with Crippen LogP contribution >= 0.6 is 0 Å². The maximum absolute atomic E-state index is 12.4. The van der Waals surface area contributed by atoms with E-state index >= 15 is 0 Å². The highest BCUT2D eigenvalue weighted by Gasteiger charge is 2.18. The van der Waals surface area contributed by atoms with Crippen LogP contribution in [0.3, 0.4) is 0 Å². The monoisotopic (exact) mass is 385 g/mol. The molecule has 1 amide bonds. The molecular weight excluding hydrogens is 358 g/mol. The second-order valence-electron chi connectivity index (χ2n) is 7.99. The lowest BCUT2D eigenvalue weighted by Crippen LogP contribution is -2.34. The fraction of sp³-hybridized carbons (Fsp3) is 0.269. The number of carbonyl (C=O) groups is 1. The highest BCUT2D eigenvalue weighted by atomic mass is 16.6. The molecule has 1 N–H and O–H groups in total. The Morgan fingerprint density at radius 2 is 1.24 bits per heavy atom. The topological polar surface area (TPSA) is 38.3 Å². The SMILES string of the molecule is Cc1ccc(-c2cc(OC(=O)NC3CCCC3)cc(-c3ccc(C)cc3)c2)cc1. The van der Waals surface area contributed by atoms with Crippen LogP contribution in [-0.4, -0.2) is 12.1 Å². The Labute approximate surface area is 172 Å². The van der Waals surface area contributed by atoms with Gasteiger partial charge in [0, 0.05) is 6.04 Å². The van der Waals surface area contributed by atoms with Gasteiger partial charge in [-0.25, -0.2) is 4.79 Å². The fourth-order valence-corrected chi connectivity index (χ4v) is 3.86. The van der Waals surface area contributed by atoms with Crippen LogP contribution in [0.25, 0.3) is 22.3 Å². The third-order valence-electron chi connectivity index (χ3n) is 5.56. The van der Waals surface area contributed by atoms with Gasteiger partial charge in [-0.3, -0.25) is 0 Å². The highest BCUT2D eigenvalue weighted by Crippen LogP contribution is 2.32. The molecule has 1 aliphatic carbocycles. The van der Waals surface area contributed by atoms with Crippen molar-refractivity contribution in [2.45, 2.75) is 45.6 Å². The normalized spacial score (nSPS) is 14.0. The van der Waals surface area contributed by atoms with Crippen LogP contribution in [0.2, 0.25) is 0 Å². The third kappa shape index (κ3) is 4.86. The summed E-state index contributed by atoms with van der Waals surface area (Å²) in [5.74, 6) is 0.564. The summed E-state index contributed by atoms with van der Waals surface area (Å²) in [6.45, 7) is 4.16. The lowest BCUT2D eigenvalue weighted by molar-refractivity contribution is 0.196. The van der Waals surface area contributed by atoms with Crippen molar-refractivity contribution in [2.24, 2.45) is 0 Å². The summed E-state index contributed by atoms with van der Waals surface area (Å²) in [4.78, 5) is 12.4. The van der Waals surface area contributed by atoms with Crippen LogP contribution < -0.4 is 10.1 Å². The molecular formula is C26H27NO2. The van der Waals surface area contributed by atoms with Gasteiger partial charge in [-0.15, -0.1) is 0 Å². The molecule has 1 saturated carbocycles. The summed E-state index contributed by atoms with van der Waals surface area (Å²) in [5.41, 5.74) is 6.71. The highest BCUT2D eigenvalue weighted by molar-refractivity contribution is 5.78. The van der Waals surface area contributed by atoms with Crippen molar-refractivity contribution in [3.05, 3.63) is 77.9 Å². The molecule has 29 heavy (non-hydrogen) atoms. The zero-order chi connectivity index (χ0) is 20.2. The van der Waals surface area contributed by atoms with Crippen LogP contribution in [0.5, 0.6) is 5.75 Å². The zero-order valence-electron chi connectivity index (χ0n) is 17.1. The lowest BCUT2D eigenvalue weighted by Gasteiger charge is -2.14. The number of amides is 1. The standard InChI is InChI=1S/C26H27NO2/c1-18-7-11-20(12-8-18)22-15-23(21-13-9-19(2)10-14-21)17-25(16-22)29-26(28)27-24-5-3-4-6-24/h7-17,24H,3-6H2,1-2H3,(H,27,28). The van der Waals surface area contributed by atoms with E-state index in [2.05, 4.69) is 73.8 Å². The molecule has 0 aromatic heterocycles. The number of nitrogens with one attached hydrogen (secondary N) is 1. The van der Waals surface area contributed by atoms with Gasteiger partial charge in [-0.1, -0.05) is 72.5 Å². The molecule has 3 aromatic carbocycles. The smallest absolute Gasteiger partial charge is 0.410 e. The Morgan fingerprint density at radius 1 is 0.759 bits per heavy atom. The Kier molecular flexibility index (Phi) is 5.66. The quantitative estimate of drug-likeness (QED) is 0.545. The molecule has 0 saturated heterocycles. The number of rotatable bonds is 4. The van der Waals surface area contributed by atoms with Crippen LogP contribution in [0.15, 0.2) is 66.7 Å². The van der Waals surface area contributed by atoms with Gasteiger partial charge in [0.1, 0.15) is 5.75 Å². The number of carbonyl (C=O) groups excluding carboxylic acids is 1. The van der Waals surface area contributed by atoms with Crippen molar-refractivity contribution in [3.8, 4) is 28.0 Å². The Bertz CT molecular complexity index is 920. The van der Waals surface area contributed by atoms with E-state index in [1.165, 1.54) is 24.0 Å². The van der Waals surface area contributed by atoms with E-state index in [4.69, 9.17) is 4.74 Å². The lowest BCUT2D eigenvalue weighted by atomic mass is 9.97. The van der Waals surface area contributed by atoms with Crippen molar-refractivity contribution < 1.29 is 9.53 Å². The molecule has 3 aromatic rings. The van der Waals surface area contributed by atoms with Crippen molar-refractivity contribution in [2.75, 3.05) is 0 Å². The van der Waals surface area contributed by atoms with Crippen LogP contribution in [-0.2, 0) is 0 Å². The van der Waals surface area contributed by atoms with Crippen molar-refractivity contribution in [3.63, 3.8) is 0 Å². The number of benzene rings is 3. The minimum absolute atomic E-state index is 0.236. The fourth-order valence-electron chi connectivity index (χ4n) is 3.86. The molecule has 0 heterocycles. The van der Waals surface area contributed by atoms with Crippen molar-refractivity contribution in [1.29, 1.82) is 0 Å². The zero-order valence-corrected chi connectivity index (χ0v) is 17.1. The van der Waals surface area contributed by atoms with Crippen LogP contribution in [0.1, 0.15) is 36.8 Å². The first kappa shape index (κ1) is 19.3. The van der Waals surface area contributed by atoms with E-state index in [9.17, 15) is 4.79 Å². The summed E-state index contributed by atoms with van der Waals surface area (Å²) in [5, 5.41) is 3.00. The minimum Gasteiger partial charge on any atom is -0.410 e. The summed E-state index contributed by atoms with van der Waals surface area (Å²) >= 11 is 0. The predicted octanol–water partition coefficient (Wildman–Crippen LogP) is 6.67. The Balaban J connectivity index is 1.66. The third-order valence-corrected chi connectivity index (χ3v) is 5.56. The Hall–Kier alpha value is -3.07. The first-order valence-electron chi connectivity index (χ1n) is 10.3. The number of hydrogen-bond acceptors (Lipinski definition) is 2. The first-order chi connectivity index (χ1) is 14.1. The summed E-state index contributed by atoms with van der Waals surface area (Å²) in [6, 6.07) is 23.1. The number of ether oxygens (including phenoxy) is 1. The largest absolute Gasteiger partial charge is 0.412 e. The van der Waals surface area contributed by atoms with E-state index < -0.39 is 0 Å². The van der Waals surface area contributed by atoms with Crippen molar-refractivity contribution >= 4 is 6.09 Å². The summed E-state index contributed by atoms with van der Waals surface area (Å²) in [6.07, 6.45) is 4.05. The second-order valence-corrected chi connectivity index (χ2v) is 7.99. The van der Waals surface area contributed by atoms with Crippen molar-refractivity contribution in [1.82, 2.24) is 5.32 Å². The van der Waals surface area contributed by atoms with Gasteiger partial charge in [0.25, 0.3) is 0 Å². The molecule has 0 unspecified atom stereocenters. The molecule has 4 rings (SSSR count). The molecule has 1 aliphatic rings. The second kappa shape index (κ2) is 8.52. The molecule has 0 aliphatic heterocycles. The maximum atomic E-state index is 12.4. The van der Waals surface area contributed by atoms with Crippen LogP contribution in [0, 0.1) is 13.8 Å². The molecule has 0 radical (unpaired) electrons. The van der Waals surface area contributed by atoms with E-state index in [0.29, 0.717) is 5.75 Å². The molecule has 0 atom stereocenters. The van der Waals surface area contributed by atoms with E-state index in [-0.39, 0.29) is 12.1 Å². The summed E-state index contributed by atoms with van der Waals surface area (Å²) < 4.78 is 5.70. The Morgan fingerprint density at radius 3 is 1.72 bits per heavy atom. The van der Waals surface area contributed by atoms with E-state index in [0.717, 1.165) is 35.1 Å². The van der Waals surface area contributed by atoms with Gasteiger partial charge >= 0.3 is 6.09 Å². The number of hydrogen-bond donors (Lipinski definition) is 1. The van der Waals surface area contributed by atoms with Gasteiger partial charge in [-0.2, -0.15) is 0 Å². The maximum Gasteiger partial charge on any atom is 0.412 e. The summed E-state index contributed by atoms with van der Waals surface area (Å²) in [7, 11) is 0. The van der Waals surface area contributed by atoms with E-state index in [1.54, 1.807) is 0 Å². The molecule has 1 fully saturated rings.